The van der Waals surface area contributed by atoms with Gasteiger partial charge in [-0.25, -0.2) is 0 Å². The number of hydrogen-bond acceptors (Lipinski definition) is 4. The van der Waals surface area contributed by atoms with Gasteiger partial charge in [0.15, 0.2) is 0 Å². The molecule has 1 aromatic rings. The van der Waals surface area contributed by atoms with E-state index in [0.29, 0.717) is 31.1 Å². The van der Waals surface area contributed by atoms with Gasteiger partial charge in [-0.2, -0.15) is 5.26 Å². The number of aryl methyl sites for hydroxylation is 1. The molecule has 5 nitrogen and oxygen atoms in total. The van der Waals surface area contributed by atoms with Gasteiger partial charge in [0.2, 0.25) is 0 Å². The molecule has 0 aliphatic heterocycles. The van der Waals surface area contributed by atoms with Crippen molar-refractivity contribution in [1.82, 2.24) is 0 Å². The van der Waals surface area contributed by atoms with E-state index < -0.39 is 0 Å². The molecular formula is C14H19N3O2. The topological polar surface area (TPSA) is 70.2 Å². The van der Waals surface area contributed by atoms with Crippen molar-refractivity contribution in [2.24, 2.45) is 5.92 Å². The highest BCUT2D eigenvalue weighted by Gasteiger charge is 2.20. The third-order valence-electron chi connectivity index (χ3n) is 2.75. The van der Waals surface area contributed by atoms with Gasteiger partial charge in [-0.05, 0) is 24.5 Å². The summed E-state index contributed by atoms with van der Waals surface area (Å²) in [7, 11) is 0. The summed E-state index contributed by atoms with van der Waals surface area (Å²) >= 11 is 0. The lowest BCUT2D eigenvalue weighted by Gasteiger charge is -2.25. The molecule has 0 spiro atoms. The van der Waals surface area contributed by atoms with Crippen molar-refractivity contribution in [3.8, 4) is 6.07 Å². The highest BCUT2D eigenvalue weighted by Crippen LogP contribution is 2.29. The van der Waals surface area contributed by atoms with Crippen molar-refractivity contribution < 1.29 is 4.92 Å². The number of nitriles is 1. The highest BCUT2D eigenvalue weighted by molar-refractivity contribution is 5.64. The van der Waals surface area contributed by atoms with Crippen molar-refractivity contribution >= 4 is 11.4 Å². The van der Waals surface area contributed by atoms with Gasteiger partial charge in [0.05, 0.1) is 17.4 Å². The van der Waals surface area contributed by atoms with Crippen LogP contribution in [-0.4, -0.2) is 18.0 Å². The molecule has 0 aliphatic carbocycles. The van der Waals surface area contributed by atoms with Crippen LogP contribution in [0.1, 0.15) is 25.8 Å². The molecule has 0 N–H and O–H groups in total. The zero-order valence-electron chi connectivity index (χ0n) is 11.6. The Hall–Kier alpha value is -2.09. The van der Waals surface area contributed by atoms with E-state index in [1.807, 2.05) is 17.9 Å². The summed E-state index contributed by atoms with van der Waals surface area (Å²) in [6.45, 7) is 7.15. The average Bonchev–Trinajstić information content (AvgIpc) is 2.34. The maximum absolute atomic E-state index is 11.2. The molecule has 0 aliphatic rings. The number of nitro groups is 1. The molecule has 1 rings (SSSR count). The fourth-order valence-electron chi connectivity index (χ4n) is 1.98. The molecule has 0 fully saturated rings. The normalized spacial score (nSPS) is 10.3. The maximum Gasteiger partial charge on any atom is 0.292 e. The van der Waals surface area contributed by atoms with Crippen molar-refractivity contribution in [1.29, 1.82) is 5.26 Å². The van der Waals surface area contributed by atoms with Crippen molar-refractivity contribution in [3.63, 3.8) is 0 Å². The second kappa shape index (κ2) is 6.74. The van der Waals surface area contributed by atoms with Crippen LogP contribution in [0, 0.1) is 34.3 Å². The summed E-state index contributed by atoms with van der Waals surface area (Å²) in [4.78, 5) is 12.7. The Bertz CT molecular complexity index is 492. The highest BCUT2D eigenvalue weighted by atomic mass is 16.6. The summed E-state index contributed by atoms with van der Waals surface area (Å²) < 4.78 is 0. The molecule has 102 valence electrons. The van der Waals surface area contributed by atoms with E-state index in [4.69, 9.17) is 5.26 Å². The fourth-order valence-corrected chi connectivity index (χ4v) is 1.98. The predicted octanol–water partition coefficient (Wildman–Crippen LogP) is 3.28. The van der Waals surface area contributed by atoms with Gasteiger partial charge in [-0.1, -0.05) is 19.9 Å². The zero-order chi connectivity index (χ0) is 14.4. The lowest BCUT2D eigenvalue weighted by Crippen LogP contribution is -2.29. The molecule has 0 atom stereocenters. The molecule has 0 heterocycles. The molecule has 0 bridgehead atoms. The number of anilines is 1. The molecule has 0 unspecified atom stereocenters. The summed E-state index contributed by atoms with van der Waals surface area (Å²) in [5.41, 5.74) is 1.57. The maximum atomic E-state index is 11.2. The molecule has 0 amide bonds. The second-order valence-electron chi connectivity index (χ2n) is 5.00. The Balaban J connectivity index is 3.13. The Morgan fingerprint density at radius 2 is 2.16 bits per heavy atom. The van der Waals surface area contributed by atoms with Gasteiger partial charge in [-0.15, -0.1) is 0 Å². The lowest BCUT2D eigenvalue weighted by molar-refractivity contribution is -0.384. The number of hydrogen-bond donors (Lipinski definition) is 0. The summed E-state index contributed by atoms with van der Waals surface area (Å²) in [5, 5.41) is 19.9. The van der Waals surface area contributed by atoms with E-state index in [1.165, 1.54) is 0 Å². The first kappa shape index (κ1) is 15.0. The van der Waals surface area contributed by atoms with Crippen LogP contribution in [0.3, 0.4) is 0 Å². The number of benzene rings is 1. The number of rotatable bonds is 6. The van der Waals surface area contributed by atoms with Crippen molar-refractivity contribution in [2.45, 2.75) is 27.2 Å². The van der Waals surface area contributed by atoms with Gasteiger partial charge in [0.1, 0.15) is 5.69 Å². The Morgan fingerprint density at radius 1 is 1.47 bits per heavy atom. The number of nitro benzene ring substituents is 1. The molecule has 19 heavy (non-hydrogen) atoms. The van der Waals surface area contributed by atoms with Crippen LogP contribution < -0.4 is 4.90 Å². The smallest absolute Gasteiger partial charge is 0.292 e. The number of nitrogens with zero attached hydrogens (tertiary/aromatic N) is 3. The van der Waals surface area contributed by atoms with Crippen LogP contribution in [0.4, 0.5) is 11.4 Å². The molecule has 0 saturated heterocycles. The van der Waals surface area contributed by atoms with Crippen LogP contribution in [-0.2, 0) is 0 Å². The summed E-state index contributed by atoms with van der Waals surface area (Å²) in [6, 6.07) is 7.30. The predicted molar refractivity (Wildman–Crippen MR) is 75.1 cm³/mol. The van der Waals surface area contributed by atoms with E-state index in [1.54, 1.807) is 12.1 Å². The first-order valence-electron chi connectivity index (χ1n) is 6.32. The van der Waals surface area contributed by atoms with Crippen molar-refractivity contribution in [2.75, 3.05) is 18.0 Å². The van der Waals surface area contributed by atoms with Gasteiger partial charge in [-0.3, -0.25) is 10.1 Å². The van der Waals surface area contributed by atoms with Gasteiger partial charge in [0, 0.05) is 19.2 Å². The zero-order valence-corrected chi connectivity index (χ0v) is 11.6. The minimum Gasteiger partial charge on any atom is -0.365 e. The van der Waals surface area contributed by atoms with Gasteiger partial charge in [0.25, 0.3) is 5.69 Å². The van der Waals surface area contributed by atoms with E-state index in [0.717, 1.165) is 5.56 Å². The minimum absolute atomic E-state index is 0.110. The second-order valence-corrected chi connectivity index (χ2v) is 5.00. The molecule has 5 heteroatoms. The lowest BCUT2D eigenvalue weighted by atomic mass is 10.1. The summed E-state index contributed by atoms with van der Waals surface area (Å²) in [6.07, 6.45) is 0.359. The molecular weight excluding hydrogens is 242 g/mol. The van der Waals surface area contributed by atoms with Gasteiger partial charge < -0.3 is 4.90 Å². The standard InChI is InChI=1S/C14H19N3O2/c1-11(2)10-16(8-4-7-15)13-6-5-12(3)9-14(13)17(18)19/h5-6,9,11H,4,8,10H2,1-3H3. The Morgan fingerprint density at radius 3 is 2.68 bits per heavy atom. The third-order valence-corrected chi connectivity index (χ3v) is 2.75. The Labute approximate surface area is 113 Å². The van der Waals surface area contributed by atoms with Gasteiger partial charge >= 0.3 is 0 Å². The van der Waals surface area contributed by atoms with E-state index in [9.17, 15) is 10.1 Å². The van der Waals surface area contributed by atoms with Crippen LogP contribution in [0.5, 0.6) is 0 Å². The summed E-state index contributed by atoms with van der Waals surface area (Å²) in [5.74, 6) is 0.375. The first-order chi connectivity index (χ1) is 8.95. The third kappa shape index (κ3) is 4.25. The monoisotopic (exact) mass is 261 g/mol. The van der Waals surface area contributed by atoms with E-state index in [2.05, 4.69) is 19.9 Å². The Kier molecular flexibility index (Phi) is 5.31. The SMILES string of the molecule is Cc1ccc(N(CCC#N)CC(C)C)c([N+](=O)[O-])c1. The van der Waals surface area contributed by atoms with Crippen LogP contribution in [0.2, 0.25) is 0 Å². The van der Waals surface area contributed by atoms with Crippen molar-refractivity contribution in [3.05, 3.63) is 33.9 Å². The van der Waals surface area contributed by atoms with E-state index >= 15 is 0 Å². The van der Waals surface area contributed by atoms with Crippen LogP contribution >= 0.6 is 0 Å². The fraction of sp³-hybridized carbons (Fsp3) is 0.500. The molecule has 1 aromatic carbocycles. The molecule has 0 saturated carbocycles. The largest absolute Gasteiger partial charge is 0.365 e. The molecule has 0 radical (unpaired) electrons. The first-order valence-corrected chi connectivity index (χ1v) is 6.32. The van der Waals surface area contributed by atoms with Crippen LogP contribution in [0.25, 0.3) is 0 Å². The average molecular weight is 261 g/mol. The van der Waals surface area contributed by atoms with Crippen LogP contribution in [0.15, 0.2) is 18.2 Å². The quantitative estimate of drug-likeness (QED) is 0.582. The molecule has 0 aromatic heterocycles. The van der Waals surface area contributed by atoms with E-state index in [-0.39, 0.29) is 10.6 Å². The minimum atomic E-state index is -0.359.